The number of hydrogen-bond donors (Lipinski definition) is 0. The lowest BCUT2D eigenvalue weighted by molar-refractivity contribution is -0.156. The van der Waals surface area contributed by atoms with Crippen LogP contribution >= 0.6 is 0 Å². The summed E-state index contributed by atoms with van der Waals surface area (Å²) in [5, 5.41) is 0. The van der Waals surface area contributed by atoms with Crippen molar-refractivity contribution < 1.29 is 19.0 Å². The molecule has 3 rings (SSSR count). The summed E-state index contributed by atoms with van der Waals surface area (Å²) >= 11 is 0. The number of carbonyl (C=O) groups excluding carboxylic acids is 1. The number of nitrogens with zero attached hydrogens (tertiary/aromatic N) is 2. The van der Waals surface area contributed by atoms with Crippen molar-refractivity contribution >= 4 is 17.2 Å². The van der Waals surface area contributed by atoms with Crippen molar-refractivity contribution in [1.29, 1.82) is 0 Å². The standard InChI is InChI=1S/C28H38N2O4/c1-5-32-27(28(31)33-6-2)21-22-7-13-26(14-8-22)34-20-19-30-17-15-24(16-18-30)23-9-11-25(12-10-23)29(3)4/h7-15,27H,5-6,16-21H2,1-4H3. The number of esters is 1. The van der Waals surface area contributed by atoms with Gasteiger partial charge in [0.2, 0.25) is 0 Å². The lowest BCUT2D eigenvalue weighted by Crippen LogP contribution is -2.32. The molecule has 0 fully saturated rings. The molecule has 0 aliphatic carbocycles. The van der Waals surface area contributed by atoms with E-state index < -0.39 is 6.10 Å². The fourth-order valence-electron chi connectivity index (χ4n) is 4.03. The molecule has 6 nitrogen and oxygen atoms in total. The minimum atomic E-state index is -0.570. The first kappa shape index (κ1) is 25.8. The van der Waals surface area contributed by atoms with E-state index in [9.17, 15) is 4.79 Å². The van der Waals surface area contributed by atoms with E-state index in [1.807, 2.05) is 31.2 Å². The average molecular weight is 467 g/mol. The first-order chi connectivity index (χ1) is 16.5. The van der Waals surface area contributed by atoms with Gasteiger partial charge in [-0.25, -0.2) is 4.79 Å². The van der Waals surface area contributed by atoms with Gasteiger partial charge < -0.3 is 19.1 Å². The third kappa shape index (κ3) is 7.61. The highest BCUT2D eigenvalue weighted by molar-refractivity contribution is 5.75. The molecule has 0 amide bonds. The molecule has 2 aromatic rings. The van der Waals surface area contributed by atoms with Crippen molar-refractivity contribution in [3.05, 3.63) is 65.7 Å². The van der Waals surface area contributed by atoms with E-state index in [1.54, 1.807) is 6.92 Å². The van der Waals surface area contributed by atoms with Gasteiger partial charge in [-0.2, -0.15) is 0 Å². The first-order valence-corrected chi connectivity index (χ1v) is 12.2. The highest BCUT2D eigenvalue weighted by Crippen LogP contribution is 2.24. The molecule has 2 aromatic carbocycles. The molecule has 1 heterocycles. The van der Waals surface area contributed by atoms with Crippen LogP contribution in [0.2, 0.25) is 0 Å². The molecule has 1 atom stereocenters. The molecule has 6 heteroatoms. The quantitative estimate of drug-likeness (QED) is 0.432. The highest BCUT2D eigenvalue weighted by atomic mass is 16.6. The van der Waals surface area contributed by atoms with Crippen molar-refractivity contribution in [2.45, 2.75) is 32.8 Å². The summed E-state index contributed by atoms with van der Waals surface area (Å²) in [6.45, 7) is 8.02. The highest BCUT2D eigenvalue weighted by Gasteiger charge is 2.20. The maximum Gasteiger partial charge on any atom is 0.335 e. The summed E-state index contributed by atoms with van der Waals surface area (Å²) in [5.41, 5.74) is 4.98. The molecule has 1 aliphatic rings. The lowest BCUT2D eigenvalue weighted by Gasteiger charge is -2.26. The van der Waals surface area contributed by atoms with Crippen LogP contribution in [0.15, 0.2) is 54.6 Å². The Balaban J connectivity index is 1.43. The third-order valence-corrected chi connectivity index (χ3v) is 5.99. The summed E-state index contributed by atoms with van der Waals surface area (Å²) in [5.74, 6) is 0.524. The van der Waals surface area contributed by atoms with Gasteiger partial charge >= 0.3 is 5.97 Å². The fraction of sp³-hybridized carbons (Fsp3) is 0.464. The van der Waals surface area contributed by atoms with Crippen LogP contribution in [-0.2, 0) is 20.7 Å². The van der Waals surface area contributed by atoms with Gasteiger partial charge in [0, 0.05) is 52.4 Å². The average Bonchev–Trinajstić information content (AvgIpc) is 2.85. The second-order valence-corrected chi connectivity index (χ2v) is 8.61. The zero-order chi connectivity index (χ0) is 24.3. The van der Waals surface area contributed by atoms with Gasteiger partial charge in [0.1, 0.15) is 12.4 Å². The van der Waals surface area contributed by atoms with Crippen LogP contribution in [0.3, 0.4) is 0 Å². The monoisotopic (exact) mass is 466 g/mol. The number of ether oxygens (including phenoxy) is 3. The molecule has 0 N–H and O–H groups in total. The maximum atomic E-state index is 12.1. The zero-order valence-corrected chi connectivity index (χ0v) is 21.0. The molecule has 1 unspecified atom stereocenters. The largest absolute Gasteiger partial charge is 0.492 e. The van der Waals surface area contributed by atoms with E-state index in [0.717, 1.165) is 37.4 Å². The van der Waals surface area contributed by atoms with E-state index in [1.165, 1.54) is 16.8 Å². The van der Waals surface area contributed by atoms with Gasteiger partial charge in [-0.15, -0.1) is 0 Å². The van der Waals surface area contributed by atoms with Gasteiger partial charge in [0.05, 0.1) is 6.61 Å². The minimum Gasteiger partial charge on any atom is -0.492 e. The van der Waals surface area contributed by atoms with Crippen molar-refractivity contribution in [3.8, 4) is 5.75 Å². The van der Waals surface area contributed by atoms with Gasteiger partial charge in [-0.1, -0.05) is 30.3 Å². The molecule has 0 saturated heterocycles. The Hall–Kier alpha value is -2.83. The van der Waals surface area contributed by atoms with E-state index in [0.29, 0.717) is 26.2 Å². The van der Waals surface area contributed by atoms with Crippen LogP contribution < -0.4 is 9.64 Å². The van der Waals surface area contributed by atoms with Crippen LogP contribution in [0.25, 0.3) is 5.57 Å². The zero-order valence-electron chi connectivity index (χ0n) is 21.0. The number of hydrogen-bond acceptors (Lipinski definition) is 6. The topological polar surface area (TPSA) is 51.2 Å². The Bertz CT molecular complexity index is 922. The Morgan fingerprint density at radius 3 is 2.35 bits per heavy atom. The number of benzene rings is 2. The molecule has 0 aromatic heterocycles. The first-order valence-electron chi connectivity index (χ1n) is 12.2. The third-order valence-electron chi connectivity index (χ3n) is 5.99. The smallest absolute Gasteiger partial charge is 0.335 e. The summed E-state index contributed by atoms with van der Waals surface area (Å²) in [4.78, 5) is 16.6. The molecular formula is C28H38N2O4. The van der Waals surface area contributed by atoms with Gasteiger partial charge in [-0.05, 0) is 61.2 Å². The van der Waals surface area contributed by atoms with Crippen molar-refractivity contribution in [2.24, 2.45) is 0 Å². The minimum absolute atomic E-state index is 0.311. The normalized spacial score (nSPS) is 14.9. The Morgan fingerprint density at radius 1 is 1.03 bits per heavy atom. The molecule has 0 saturated carbocycles. The van der Waals surface area contributed by atoms with E-state index in [4.69, 9.17) is 14.2 Å². The summed E-state index contributed by atoms with van der Waals surface area (Å²) in [7, 11) is 4.13. The Morgan fingerprint density at radius 2 is 1.76 bits per heavy atom. The molecule has 34 heavy (non-hydrogen) atoms. The number of rotatable bonds is 12. The Kier molecular flexibility index (Phi) is 9.98. The second-order valence-electron chi connectivity index (χ2n) is 8.61. The Labute approximate surface area is 204 Å². The molecule has 0 radical (unpaired) electrons. The predicted octanol–water partition coefficient (Wildman–Crippen LogP) is 4.43. The van der Waals surface area contributed by atoms with Gasteiger partial charge in [0.25, 0.3) is 0 Å². The van der Waals surface area contributed by atoms with Gasteiger partial charge in [0.15, 0.2) is 6.10 Å². The number of carbonyl (C=O) groups is 1. The summed E-state index contributed by atoms with van der Waals surface area (Å²) in [6.07, 6.45) is 3.31. The summed E-state index contributed by atoms with van der Waals surface area (Å²) in [6, 6.07) is 16.7. The van der Waals surface area contributed by atoms with Crippen LogP contribution in [0.1, 0.15) is 31.4 Å². The number of anilines is 1. The van der Waals surface area contributed by atoms with Crippen molar-refractivity contribution in [1.82, 2.24) is 4.90 Å². The lowest BCUT2D eigenvalue weighted by atomic mass is 9.99. The molecule has 184 valence electrons. The van der Waals surface area contributed by atoms with Crippen LogP contribution in [0.5, 0.6) is 5.75 Å². The fourth-order valence-corrected chi connectivity index (χ4v) is 4.03. The summed E-state index contributed by atoms with van der Waals surface area (Å²) < 4.78 is 16.6. The maximum absolute atomic E-state index is 12.1. The second kappa shape index (κ2) is 13.2. The molecular weight excluding hydrogens is 428 g/mol. The van der Waals surface area contributed by atoms with Crippen LogP contribution in [-0.4, -0.2) is 70.5 Å². The molecule has 0 bridgehead atoms. The van der Waals surface area contributed by atoms with E-state index in [2.05, 4.69) is 54.2 Å². The van der Waals surface area contributed by atoms with Crippen LogP contribution in [0, 0.1) is 0 Å². The van der Waals surface area contributed by atoms with Crippen molar-refractivity contribution in [2.75, 3.05) is 58.5 Å². The van der Waals surface area contributed by atoms with Gasteiger partial charge in [-0.3, -0.25) is 4.90 Å². The van der Waals surface area contributed by atoms with Crippen molar-refractivity contribution in [3.63, 3.8) is 0 Å². The van der Waals surface area contributed by atoms with E-state index in [-0.39, 0.29) is 5.97 Å². The molecule has 0 spiro atoms. The van der Waals surface area contributed by atoms with Crippen LogP contribution in [0.4, 0.5) is 5.69 Å². The predicted molar refractivity (Wildman–Crippen MR) is 137 cm³/mol. The SMILES string of the molecule is CCOC(=O)C(Cc1ccc(OCCN2CC=C(c3ccc(N(C)C)cc3)CC2)cc1)OCC. The van der Waals surface area contributed by atoms with E-state index >= 15 is 0 Å². The molecule has 1 aliphatic heterocycles.